The summed E-state index contributed by atoms with van der Waals surface area (Å²) in [6.45, 7) is 1.03. The van der Waals surface area contributed by atoms with E-state index in [2.05, 4.69) is 5.32 Å². The zero-order chi connectivity index (χ0) is 13.7. The molecule has 1 aromatic rings. The fraction of sp³-hybridized carbons (Fsp3) is 0.333. The Labute approximate surface area is 124 Å². The molecule has 0 atom stereocenters. The third kappa shape index (κ3) is 3.92. The topological polar surface area (TPSA) is 72.2 Å². The van der Waals surface area contributed by atoms with E-state index in [-0.39, 0.29) is 35.5 Å². The Hall–Kier alpha value is -1.65. The molecule has 1 aliphatic rings. The summed E-state index contributed by atoms with van der Waals surface area (Å²) in [5.74, 6) is -0.169. The Morgan fingerprint density at radius 1 is 1.15 bits per heavy atom. The zero-order valence-corrected chi connectivity index (χ0v) is 12.0. The van der Waals surface area contributed by atoms with Crippen LogP contribution in [0.3, 0.4) is 0 Å². The van der Waals surface area contributed by atoms with E-state index in [0.29, 0.717) is 25.9 Å². The minimum Gasteiger partial charge on any atom is -0.389 e. The van der Waals surface area contributed by atoms with Gasteiger partial charge in [0.05, 0.1) is 5.57 Å². The van der Waals surface area contributed by atoms with Crippen molar-refractivity contribution < 1.29 is 9.59 Å². The van der Waals surface area contributed by atoms with Gasteiger partial charge in [-0.1, -0.05) is 30.3 Å². The molecule has 1 fully saturated rings. The molecular weight excluding hydrogens is 276 g/mol. The van der Waals surface area contributed by atoms with E-state index in [1.54, 1.807) is 0 Å². The van der Waals surface area contributed by atoms with Crippen LogP contribution in [0.25, 0.3) is 0 Å². The minimum atomic E-state index is -0.0883. The van der Waals surface area contributed by atoms with E-state index >= 15 is 0 Å². The quantitative estimate of drug-likeness (QED) is 0.502. The van der Waals surface area contributed by atoms with Crippen LogP contribution in [0.4, 0.5) is 0 Å². The van der Waals surface area contributed by atoms with Crippen molar-refractivity contribution in [1.82, 2.24) is 5.32 Å². The second-order valence-corrected chi connectivity index (χ2v) is 4.66. The molecule has 3 N–H and O–H groups in total. The first-order chi connectivity index (χ1) is 9.22. The second kappa shape index (κ2) is 7.82. The summed E-state index contributed by atoms with van der Waals surface area (Å²) in [7, 11) is 0. The van der Waals surface area contributed by atoms with Gasteiger partial charge in [0, 0.05) is 32.1 Å². The Balaban J connectivity index is 0.00000200. The summed E-state index contributed by atoms with van der Waals surface area (Å²) in [4.78, 5) is 24.0. The average molecular weight is 295 g/mol. The summed E-state index contributed by atoms with van der Waals surface area (Å²) < 4.78 is 0. The number of halogens is 1. The average Bonchev–Trinajstić information content (AvgIpc) is 2.43. The summed E-state index contributed by atoms with van der Waals surface area (Å²) >= 11 is 0. The number of carbonyl (C=O) groups excluding carboxylic acids is 2. The highest BCUT2D eigenvalue weighted by Crippen LogP contribution is 2.31. The van der Waals surface area contributed by atoms with E-state index in [9.17, 15) is 9.59 Å². The normalized spacial score (nSPS) is 18.4. The number of hydrogen-bond donors (Lipinski definition) is 2. The molecule has 0 radical (unpaired) electrons. The first-order valence-corrected chi connectivity index (χ1v) is 6.47. The number of hydrogen-bond acceptors (Lipinski definition) is 4. The molecule has 1 saturated carbocycles. The molecular formula is C15H19ClN2O2. The fourth-order valence-electron chi connectivity index (χ4n) is 2.27. The number of allylic oxidation sites excluding steroid dienone is 1. The predicted octanol–water partition coefficient (Wildman–Crippen LogP) is 1.56. The molecule has 0 aromatic heterocycles. The van der Waals surface area contributed by atoms with Gasteiger partial charge in [-0.15, -0.1) is 12.4 Å². The van der Waals surface area contributed by atoms with Crippen LogP contribution in [0.1, 0.15) is 24.3 Å². The van der Waals surface area contributed by atoms with Crippen LogP contribution in [0, 0.1) is 0 Å². The van der Waals surface area contributed by atoms with Gasteiger partial charge in [-0.2, -0.15) is 0 Å². The maximum atomic E-state index is 12.0. The summed E-state index contributed by atoms with van der Waals surface area (Å²) in [5, 5.41) is 2.89. The number of carbonyl (C=O) groups is 2. The van der Waals surface area contributed by atoms with Gasteiger partial charge >= 0.3 is 0 Å². The SMILES string of the molecule is Cl.NCCNC=C1C(=O)CC(c2ccccc2)CC1=O. The van der Waals surface area contributed by atoms with Crippen LogP contribution in [0.5, 0.6) is 0 Å². The lowest BCUT2D eigenvalue weighted by atomic mass is 9.80. The van der Waals surface area contributed by atoms with Crippen LogP contribution >= 0.6 is 12.4 Å². The van der Waals surface area contributed by atoms with E-state index in [1.165, 1.54) is 6.20 Å². The molecule has 108 valence electrons. The maximum absolute atomic E-state index is 12.0. The van der Waals surface area contributed by atoms with Crippen LogP contribution in [0.2, 0.25) is 0 Å². The van der Waals surface area contributed by atoms with Gasteiger partial charge in [0.1, 0.15) is 0 Å². The van der Waals surface area contributed by atoms with E-state index in [0.717, 1.165) is 5.56 Å². The van der Waals surface area contributed by atoms with Gasteiger partial charge in [-0.05, 0) is 11.5 Å². The highest BCUT2D eigenvalue weighted by atomic mass is 35.5. The van der Waals surface area contributed by atoms with E-state index in [1.807, 2.05) is 30.3 Å². The fourth-order valence-corrected chi connectivity index (χ4v) is 2.27. The van der Waals surface area contributed by atoms with Gasteiger partial charge in [0.2, 0.25) is 0 Å². The number of ketones is 2. The largest absolute Gasteiger partial charge is 0.389 e. The minimum absolute atomic E-state index is 0. The van der Waals surface area contributed by atoms with Crippen molar-refractivity contribution in [2.75, 3.05) is 13.1 Å². The molecule has 4 nitrogen and oxygen atoms in total. The molecule has 0 heterocycles. The first kappa shape index (κ1) is 16.4. The second-order valence-electron chi connectivity index (χ2n) is 4.66. The van der Waals surface area contributed by atoms with Crippen LogP contribution in [-0.2, 0) is 9.59 Å². The molecule has 0 bridgehead atoms. The number of rotatable bonds is 4. The van der Waals surface area contributed by atoms with Crippen LogP contribution in [0.15, 0.2) is 42.1 Å². The van der Waals surface area contributed by atoms with Crippen LogP contribution in [-0.4, -0.2) is 24.7 Å². The number of nitrogens with one attached hydrogen (secondary N) is 1. The van der Waals surface area contributed by atoms with Gasteiger partial charge in [-0.25, -0.2) is 0 Å². The summed E-state index contributed by atoms with van der Waals surface area (Å²) in [6.07, 6.45) is 2.30. The first-order valence-electron chi connectivity index (χ1n) is 6.47. The molecule has 0 amide bonds. The van der Waals surface area contributed by atoms with Crippen molar-refractivity contribution in [3.05, 3.63) is 47.7 Å². The monoisotopic (exact) mass is 294 g/mol. The Kier molecular flexibility index (Phi) is 6.42. The van der Waals surface area contributed by atoms with Crippen molar-refractivity contribution in [3.8, 4) is 0 Å². The molecule has 0 unspecified atom stereocenters. The highest BCUT2D eigenvalue weighted by molar-refractivity contribution is 6.22. The lowest BCUT2D eigenvalue weighted by molar-refractivity contribution is -0.124. The molecule has 1 aromatic carbocycles. The van der Waals surface area contributed by atoms with Crippen molar-refractivity contribution in [2.24, 2.45) is 5.73 Å². The molecule has 0 spiro atoms. The van der Waals surface area contributed by atoms with Crippen molar-refractivity contribution in [1.29, 1.82) is 0 Å². The van der Waals surface area contributed by atoms with Crippen molar-refractivity contribution in [2.45, 2.75) is 18.8 Å². The Morgan fingerprint density at radius 3 is 2.30 bits per heavy atom. The summed E-state index contributed by atoms with van der Waals surface area (Å²) in [6, 6.07) is 9.72. The molecule has 1 aliphatic carbocycles. The Morgan fingerprint density at radius 2 is 1.75 bits per heavy atom. The molecule has 5 heteroatoms. The van der Waals surface area contributed by atoms with E-state index in [4.69, 9.17) is 5.73 Å². The third-order valence-electron chi connectivity index (χ3n) is 3.27. The highest BCUT2D eigenvalue weighted by Gasteiger charge is 2.30. The number of benzene rings is 1. The van der Waals surface area contributed by atoms with Gasteiger partial charge < -0.3 is 11.1 Å². The number of Topliss-reactive ketones (excluding diaryl/α,β-unsaturated/α-hetero) is 2. The summed E-state index contributed by atoms with van der Waals surface area (Å²) in [5.41, 5.74) is 6.68. The molecule has 0 aliphatic heterocycles. The maximum Gasteiger partial charge on any atom is 0.168 e. The van der Waals surface area contributed by atoms with Gasteiger partial charge in [0.25, 0.3) is 0 Å². The standard InChI is InChI=1S/C15H18N2O2.ClH/c16-6-7-17-10-13-14(18)8-12(9-15(13)19)11-4-2-1-3-5-11;/h1-5,10,12,17H,6-9,16H2;1H. The van der Waals surface area contributed by atoms with Crippen molar-refractivity contribution in [3.63, 3.8) is 0 Å². The van der Waals surface area contributed by atoms with E-state index < -0.39 is 0 Å². The zero-order valence-electron chi connectivity index (χ0n) is 11.2. The molecule has 20 heavy (non-hydrogen) atoms. The van der Waals surface area contributed by atoms with Crippen molar-refractivity contribution >= 4 is 24.0 Å². The lowest BCUT2D eigenvalue weighted by Crippen LogP contribution is -2.27. The van der Waals surface area contributed by atoms with Gasteiger partial charge in [0.15, 0.2) is 11.6 Å². The van der Waals surface area contributed by atoms with Crippen LogP contribution < -0.4 is 11.1 Å². The predicted molar refractivity (Wildman–Crippen MR) is 80.8 cm³/mol. The molecule has 2 rings (SSSR count). The Bertz CT molecular complexity index is 480. The third-order valence-corrected chi connectivity index (χ3v) is 3.27. The molecule has 0 saturated heterocycles. The van der Waals surface area contributed by atoms with Gasteiger partial charge in [-0.3, -0.25) is 9.59 Å². The lowest BCUT2D eigenvalue weighted by Gasteiger charge is -2.22. The smallest absolute Gasteiger partial charge is 0.168 e. The number of nitrogens with two attached hydrogens (primary N) is 1.